The van der Waals surface area contributed by atoms with Gasteiger partial charge in [0.15, 0.2) is 5.16 Å². The Labute approximate surface area is 174 Å². The van der Waals surface area contributed by atoms with E-state index in [2.05, 4.69) is 10.3 Å². The highest BCUT2D eigenvalue weighted by Gasteiger charge is 2.13. The quantitative estimate of drug-likeness (QED) is 0.432. The van der Waals surface area contributed by atoms with Gasteiger partial charge in [0, 0.05) is 13.1 Å². The van der Waals surface area contributed by atoms with Gasteiger partial charge in [-0.3, -0.25) is 14.2 Å². The maximum absolute atomic E-state index is 12.8. The number of hydrogen-bond donors (Lipinski definition) is 1. The van der Waals surface area contributed by atoms with Gasteiger partial charge in [0.2, 0.25) is 5.91 Å². The number of fused-ring (bicyclic) bond motifs is 1. The number of rotatable bonds is 9. The fraction of sp³-hybridized carbons (Fsp3) is 0.318. The van der Waals surface area contributed by atoms with E-state index >= 15 is 0 Å². The molecule has 0 saturated heterocycles. The van der Waals surface area contributed by atoms with Crippen LogP contribution in [-0.4, -0.2) is 34.9 Å². The van der Waals surface area contributed by atoms with E-state index in [1.54, 1.807) is 17.7 Å². The van der Waals surface area contributed by atoms with E-state index in [1.807, 2.05) is 49.4 Å². The predicted octanol–water partition coefficient (Wildman–Crippen LogP) is 3.27. The Balaban J connectivity index is 1.63. The summed E-state index contributed by atoms with van der Waals surface area (Å²) in [4.78, 5) is 29.7. The molecule has 1 amide bonds. The lowest BCUT2D eigenvalue weighted by molar-refractivity contribution is -0.118. The topological polar surface area (TPSA) is 73.2 Å². The highest BCUT2D eigenvalue weighted by atomic mass is 32.2. The van der Waals surface area contributed by atoms with Gasteiger partial charge in [-0.15, -0.1) is 0 Å². The summed E-state index contributed by atoms with van der Waals surface area (Å²) in [5.74, 6) is 0.941. The second-order valence-corrected chi connectivity index (χ2v) is 7.51. The molecule has 6 nitrogen and oxygen atoms in total. The van der Waals surface area contributed by atoms with Crippen LogP contribution in [-0.2, 0) is 17.8 Å². The summed E-state index contributed by atoms with van der Waals surface area (Å²) in [5.41, 5.74) is 1.65. The third-order valence-corrected chi connectivity index (χ3v) is 5.49. The zero-order valence-corrected chi connectivity index (χ0v) is 17.5. The minimum Gasteiger partial charge on any atom is -0.496 e. The molecule has 0 atom stereocenters. The normalized spacial score (nSPS) is 10.8. The van der Waals surface area contributed by atoms with Crippen molar-refractivity contribution in [2.75, 3.05) is 19.4 Å². The van der Waals surface area contributed by atoms with Crippen molar-refractivity contribution in [3.8, 4) is 5.75 Å². The van der Waals surface area contributed by atoms with E-state index in [0.29, 0.717) is 35.6 Å². The Morgan fingerprint density at radius 1 is 1.17 bits per heavy atom. The number of hydrogen-bond acceptors (Lipinski definition) is 5. The molecule has 0 aliphatic carbocycles. The molecule has 3 rings (SSSR count). The fourth-order valence-electron chi connectivity index (χ4n) is 3.11. The number of carbonyl (C=O) groups excluding carboxylic acids is 1. The molecule has 1 aromatic heterocycles. The number of aromatic nitrogens is 2. The van der Waals surface area contributed by atoms with Crippen molar-refractivity contribution < 1.29 is 9.53 Å². The van der Waals surface area contributed by atoms with Crippen LogP contribution in [0.15, 0.2) is 58.5 Å². The van der Waals surface area contributed by atoms with Gasteiger partial charge in [0.1, 0.15) is 5.75 Å². The summed E-state index contributed by atoms with van der Waals surface area (Å²) in [6, 6.07) is 15.1. The molecule has 0 aliphatic rings. The molecule has 3 aromatic rings. The zero-order valence-electron chi connectivity index (χ0n) is 16.7. The van der Waals surface area contributed by atoms with Crippen molar-refractivity contribution in [3.05, 3.63) is 64.4 Å². The van der Waals surface area contributed by atoms with E-state index in [9.17, 15) is 9.59 Å². The summed E-state index contributed by atoms with van der Waals surface area (Å²) in [5, 5.41) is 4.11. The van der Waals surface area contributed by atoms with Gasteiger partial charge in [-0.1, -0.05) is 49.0 Å². The lowest BCUT2D eigenvalue weighted by Gasteiger charge is -2.12. The van der Waals surface area contributed by atoms with Gasteiger partial charge < -0.3 is 10.1 Å². The highest BCUT2D eigenvalue weighted by Crippen LogP contribution is 2.19. The Morgan fingerprint density at radius 2 is 1.93 bits per heavy atom. The van der Waals surface area contributed by atoms with Crippen LogP contribution in [0.1, 0.15) is 18.9 Å². The number of nitrogens with one attached hydrogen (secondary N) is 1. The van der Waals surface area contributed by atoms with Crippen LogP contribution in [0.5, 0.6) is 5.75 Å². The molecular formula is C22H25N3O3S. The molecule has 0 saturated carbocycles. The Bertz CT molecular complexity index is 1050. The summed E-state index contributed by atoms with van der Waals surface area (Å²) >= 11 is 1.29. The molecule has 1 N–H and O–H groups in total. The third kappa shape index (κ3) is 5.17. The molecule has 0 unspecified atom stereocenters. The number of para-hydroxylation sites is 2. The summed E-state index contributed by atoms with van der Waals surface area (Å²) < 4.78 is 7.00. The molecule has 29 heavy (non-hydrogen) atoms. The molecule has 152 valence electrons. The van der Waals surface area contributed by atoms with Crippen LogP contribution < -0.4 is 15.6 Å². The van der Waals surface area contributed by atoms with Gasteiger partial charge in [-0.2, -0.15) is 0 Å². The van der Waals surface area contributed by atoms with Crippen LogP contribution in [0.3, 0.4) is 0 Å². The van der Waals surface area contributed by atoms with Crippen LogP contribution in [0.4, 0.5) is 0 Å². The SMILES string of the molecule is CCCn1c(SCC(=O)NCCc2ccccc2OC)nc2ccccc2c1=O. The van der Waals surface area contributed by atoms with E-state index in [1.165, 1.54) is 11.8 Å². The number of carbonyl (C=O) groups is 1. The van der Waals surface area contributed by atoms with E-state index in [4.69, 9.17) is 4.74 Å². The molecule has 0 spiro atoms. The monoisotopic (exact) mass is 411 g/mol. The average Bonchev–Trinajstić information content (AvgIpc) is 2.75. The first kappa shape index (κ1) is 20.9. The van der Waals surface area contributed by atoms with Crippen LogP contribution >= 0.6 is 11.8 Å². The Kier molecular flexibility index (Phi) is 7.30. The third-order valence-electron chi connectivity index (χ3n) is 4.52. The summed E-state index contributed by atoms with van der Waals surface area (Å²) in [7, 11) is 1.64. The second-order valence-electron chi connectivity index (χ2n) is 6.57. The van der Waals surface area contributed by atoms with Crippen molar-refractivity contribution in [3.63, 3.8) is 0 Å². The van der Waals surface area contributed by atoms with Crippen molar-refractivity contribution in [1.82, 2.24) is 14.9 Å². The van der Waals surface area contributed by atoms with Crippen LogP contribution in [0.25, 0.3) is 10.9 Å². The van der Waals surface area contributed by atoms with Crippen molar-refractivity contribution in [2.45, 2.75) is 31.5 Å². The largest absolute Gasteiger partial charge is 0.496 e. The highest BCUT2D eigenvalue weighted by molar-refractivity contribution is 7.99. The number of nitrogens with zero attached hydrogens (tertiary/aromatic N) is 2. The maximum Gasteiger partial charge on any atom is 0.262 e. The molecule has 0 fully saturated rings. The van der Waals surface area contributed by atoms with Gasteiger partial charge in [-0.05, 0) is 36.6 Å². The molecule has 0 bridgehead atoms. The fourth-order valence-corrected chi connectivity index (χ4v) is 3.96. The van der Waals surface area contributed by atoms with Crippen molar-refractivity contribution in [1.29, 1.82) is 0 Å². The standard InChI is InChI=1S/C22H25N3O3S/c1-3-14-25-21(27)17-9-5-6-10-18(17)24-22(25)29-15-20(26)23-13-12-16-8-4-7-11-19(16)28-2/h4-11H,3,12-15H2,1-2H3,(H,23,26). The molecular weight excluding hydrogens is 386 g/mol. The lowest BCUT2D eigenvalue weighted by atomic mass is 10.1. The minimum absolute atomic E-state index is 0.0588. The first-order chi connectivity index (χ1) is 14.1. The van der Waals surface area contributed by atoms with Gasteiger partial charge in [-0.25, -0.2) is 4.98 Å². The van der Waals surface area contributed by atoms with E-state index in [0.717, 1.165) is 17.7 Å². The second kappa shape index (κ2) is 10.1. The number of ether oxygens (including phenoxy) is 1. The van der Waals surface area contributed by atoms with Gasteiger partial charge >= 0.3 is 0 Å². The molecule has 2 aromatic carbocycles. The average molecular weight is 412 g/mol. The van der Waals surface area contributed by atoms with Crippen molar-refractivity contribution >= 4 is 28.6 Å². The van der Waals surface area contributed by atoms with Crippen LogP contribution in [0, 0.1) is 0 Å². The summed E-state index contributed by atoms with van der Waals surface area (Å²) in [6.07, 6.45) is 1.51. The van der Waals surface area contributed by atoms with E-state index < -0.39 is 0 Å². The Hall–Kier alpha value is -2.80. The maximum atomic E-state index is 12.8. The van der Waals surface area contributed by atoms with Gasteiger partial charge in [0.05, 0.1) is 23.8 Å². The molecule has 7 heteroatoms. The first-order valence-electron chi connectivity index (χ1n) is 9.65. The molecule has 0 radical (unpaired) electrons. The smallest absolute Gasteiger partial charge is 0.262 e. The predicted molar refractivity (Wildman–Crippen MR) is 117 cm³/mol. The zero-order chi connectivity index (χ0) is 20.6. The Morgan fingerprint density at radius 3 is 2.72 bits per heavy atom. The van der Waals surface area contributed by atoms with Crippen molar-refractivity contribution in [2.24, 2.45) is 0 Å². The van der Waals surface area contributed by atoms with E-state index in [-0.39, 0.29) is 17.2 Å². The number of amides is 1. The minimum atomic E-state index is -0.0876. The molecule has 0 aliphatic heterocycles. The number of methoxy groups -OCH3 is 1. The number of benzene rings is 2. The lowest BCUT2D eigenvalue weighted by Crippen LogP contribution is -2.28. The first-order valence-corrected chi connectivity index (χ1v) is 10.6. The van der Waals surface area contributed by atoms with Crippen LogP contribution in [0.2, 0.25) is 0 Å². The van der Waals surface area contributed by atoms with Gasteiger partial charge in [0.25, 0.3) is 5.56 Å². The molecule has 1 heterocycles. The number of thioether (sulfide) groups is 1. The summed E-state index contributed by atoms with van der Waals surface area (Å²) in [6.45, 7) is 3.11.